The normalized spacial score (nSPS) is 24.2. The van der Waals surface area contributed by atoms with Crippen LogP contribution in [0.15, 0.2) is 29.2 Å². The first kappa shape index (κ1) is 19.4. The van der Waals surface area contributed by atoms with Crippen LogP contribution in [-0.2, 0) is 19.4 Å². The van der Waals surface area contributed by atoms with Crippen molar-refractivity contribution in [3.8, 4) is 0 Å². The summed E-state index contributed by atoms with van der Waals surface area (Å²) >= 11 is 0. The monoisotopic (exact) mass is 404 g/mol. The number of rotatable bonds is 5. The van der Waals surface area contributed by atoms with Crippen LogP contribution in [0.1, 0.15) is 57.8 Å². The fourth-order valence-electron chi connectivity index (χ4n) is 4.84. The highest BCUT2D eigenvalue weighted by Crippen LogP contribution is 2.31. The number of hydrogen-bond donors (Lipinski definition) is 1. The van der Waals surface area contributed by atoms with Crippen molar-refractivity contribution in [3.05, 3.63) is 24.3 Å². The van der Waals surface area contributed by atoms with E-state index < -0.39 is 9.84 Å². The average molecular weight is 405 g/mol. The maximum atomic E-state index is 12.6. The Morgan fingerprint density at radius 1 is 0.964 bits per heavy atom. The number of sulfone groups is 1. The van der Waals surface area contributed by atoms with Gasteiger partial charge in [-0.2, -0.15) is 0 Å². The summed E-state index contributed by atoms with van der Waals surface area (Å²) in [6.45, 7) is 0.490. The SMILES string of the molecule is O=C(Nc1ccc(S(=O)(=O)C2CCCC2)cc1)C1CC(=O)N(C2CCCC2)C1. The number of anilines is 1. The predicted molar refractivity (Wildman–Crippen MR) is 107 cm³/mol. The molecule has 152 valence electrons. The Kier molecular flexibility index (Phi) is 5.45. The topological polar surface area (TPSA) is 83.5 Å². The van der Waals surface area contributed by atoms with Gasteiger partial charge in [-0.15, -0.1) is 0 Å². The molecule has 1 N–H and O–H groups in total. The molecule has 28 heavy (non-hydrogen) atoms. The third kappa shape index (κ3) is 3.81. The van der Waals surface area contributed by atoms with Crippen LogP contribution < -0.4 is 5.32 Å². The van der Waals surface area contributed by atoms with Crippen molar-refractivity contribution in [3.63, 3.8) is 0 Å². The highest BCUT2D eigenvalue weighted by molar-refractivity contribution is 7.92. The molecule has 2 aliphatic carbocycles. The first-order chi connectivity index (χ1) is 13.4. The van der Waals surface area contributed by atoms with Crippen LogP contribution in [0.3, 0.4) is 0 Å². The minimum Gasteiger partial charge on any atom is -0.339 e. The number of amides is 2. The molecule has 6 nitrogen and oxygen atoms in total. The molecule has 3 aliphatic rings. The van der Waals surface area contributed by atoms with Crippen LogP contribution >= 0.6 is 0 Å². The van der Waals surface area contributed by atoms with Crippen LogP contribution in [0.5, 0.6) is 0 Å². The lowest BCUT2D eigenvalue weighted by atomic mass is 10.1. The lowest BCUT2D eigenvalue weighted by Crippen LogP contribution is -2.35. The van der Waals surface area contributed by atoms with Gasteiger partial charge in [0.25, 0.3) is 0 Å². The number of carbonyl (C=O) groups is 2. The lowest BCUT2D eigenvalue weighted by molar-refractivity contribution is -0.129. The smallest absolute Gasteiger partial charge is 0.229 e. The van der Waals surface area contributed by atoms with Crippen molar-refractivity contribution in [1.82, 2.24) is 4.90 Å². The number of likely N-dealkylation sites (tertiary alicyclic amines) is 1. The maximum Gasteiger partial charge on any atom is 0.229 e. The van der Waals surface area contributed by atoms with Gasteiger partial charge in [0.1, 0.15) is 0 Å². The molecule has 0 aromatic heterocycles. The van der Waals surface area contributed by atoms with E-state index in [1.54, 1.807) is 24.3 Å². The van der Waals surface area contributed by atoms with E-state index >= 15 is 0 Å². The fourth-order valence-corrected chi connectivity index (χ4v) is 6.69. The standard InChI is InChI=1S/C21H28N2O4S/c24-20-13-15(14-23(20)17-5-1-2-6-17)21(25)22-16-9-11-19(12-10-16)28(26,27)18-7-3-4-8-18/h9-12,15,17-18H,1-8,13-14H2,(H,22,25). The second-order valence-corrected chi connectivity index (χ2v) is 10.6. The Labute approximate surface area is 166 Å². The molecule has 1 aromatic carbocycles. The van der Waals surface area contributed by atoms with Gasteiger partial charge in [0, 0.05) is 24.7 Å². The molecule has 2 saturated carbocycles. The van der Waals surface area contributed by atoms with Crippen molar-refractivity contribution in [2.45, 2.75) is 74.0 Å². The van der Waals surface area contributed by atoms with E-state index in [1.165, 1.54) is 0 Å². The van der Waals surface area contributed by atoms with Crippen LogP contribution in [0.2, 0.25) is 0 Å². The molecule has 0 radical (unpaired) electrons. The molecule has 1 unspecified atom stereocenters. The van der Waals surface area contributed by atoms with E-state index in [1.807, 2.05) is 4.90 Å². The van der Waals surface area contributed by atoms with Gasteiger partial charge in [0.15, 0.2) is 9.84 Å². The predicted octanol–water partition coefficient (Wildman–Crippen LogP) is 3.13. The van der Waals surface area contributed by atoms with Gasteiger partial charge in [0.05, 0.1) is 16.1 Å². The van der Waals surface area contributed by atoms with Crippen LogP contribution in [-0.4, -0.2) is 43.0 Å². The van der Waals surface area contributed by atoms with Gasteiger partial charge in [-0.1, -0.05) is 25.7 Å². The zero-order valence-corrected chi connectivity index (χ0v) is 16.9. The molecule has 2 amide bonds. The van der Waals surface area contributed by atoms with Gasteiger partial charge in [0.2, 0.25) is 11.8 Å². The molecule has 1 heterocycles. The Morgan fingerprint density at radius 3 is 2.21 bits per heavy atom. The molecule has 1 saturated heterocycles. The van der Waals surface area contributed by atoms with Crippen LogP contribution in [0.4, 0.5) is 5.69 Å². The third-order valence-corrected chi connectivity index (χ3v) is 8.76. The molecule has 0 spiro atoms. The maximum absolute atomic E-state index is 12.6. The summed E-state index contributed by atoms with van der Waals surface area (Å²) in [6.07, 6.45) is 8.04. The van der Waals surface area contributed by atoms with Crippen LogP contribution in [0, 0.1) is 5.92 Å². The van der Waals surface area contributed by atoms with Gasteiger partial charge >= 0.3 is 0 Å². The highest BCUT2D eigenvalue weighted by Gasteiger charge is 2.38. The van der Waals surface area contributed by atoms with Crippen molar-refractivity contribution >= 4 is 27.3 Å². The molecular weight excluding hydrogens is 376 g/mol. The molecule has 4 rings (SSSR count). The zero-order chi connectivity index (χ0) is 19.7. The number of benzene rings is 1. The summed E-state index contributed by atoms with van der Waals surface area (Å²) in [4.78, 5) is 27.1. The number of hydrogen-bond acceptors (Lipinski definition) is 4. The van der Waals surface area contributed by atoms with E-state index in [-0.39, 0.29) is 29.4 Å². The quantitative estimate of drug-likeness (QED) is 0.817. The number of nitrogens with one attached hydrogen (secondary N) is 1. The van der Waals surface area contributed by atoms with Gasteiger partial charge < -0.3 is 10.2 Å². The molecule has 1 aromatic rings. The first-order valence-electron chi connectivity index (χ1n) is 10.4. The summed E-state index contributed by atoms with van der Waals surface area (Å²) in [5, 5.41) is 2.57. The lowest BCUT2D eigenvalue weighted by Gasteiger charge is -2.23. The first-order valence-corrected chi connectivity index (χ1v) is 11.9. The highest BCUT2D eigenvalue weighted by atomic mass is 32.2. The van der Waals surface area contributed by atoms with E-state index in [0.717, 1.165) is 51.4 Å². The van der Waals surface area contributed by atoms with Crippen molar-refractivity contribution < 1.29 is 18.0 Å². The Hall–Kier alpha value is -1.89. The molecule has 1 atom stereocenters. The van der Waals surface area contributed by atoms with Gasteiger partial charge in [-0.25, -0.2) is 8.42 Å². The fraction of sp³-hybridized carbons (Fsp3) is 0.619. The average Bonchev–Trinajstić information content (AvgIpc) is 3.43. The zero-order valence-electron chi connectivity index (χ0n) is 16.1. The molecule has 1 aliphatic heterocycles. The largest absolute Gasteiger partial charge is 0.339 e. The van der Waals surface area contributed by atoms with Gasteiger partial charge in [-0.05, 0) is 49.9 Å². The molecular formula is C21H28N2O4S. The van der Waals surface area contributed by atoms with Crippen molar-refractivity contribution in [2.75, 3.05) is 11.9 Å². The van der Waals surface area contributed by atoms with Crippen LogP contribution in [0.25, 0.3) is 0 Å². The molecule has 0 bridgehead atoms. The third-order valence-electron chi connectivity index (χ3n) is 6.49. The molecule has 7 heteroatoms. The Bertz CT molecular complexity index is 838. The van der Waals surface area contributed by atoms with E-state index in [0.29, 0.717) is 23.2 Å². The minimum absolute atomic E-state index is 0.0741. The summed E-state index contributed by atoms with van der Waals surface area (Å²) in [5.74, 6) is -0.430. The summed E-state index contributed by atoms with van der Waals surface area (Å²) in [5.41, 5.74) is 0.571. The summed E-state index contributed by atoms with van der Waals surface area (Å²) in [7, 11) is -3.29. The number of carbonyl (C=O) groups excluding carboxylic acids is 2. The van der Waals surface area contributed by atoms with E-state index in [2.05, 4.69) is 5.32 Å². The second-order valence-electron chi connectivity index (χ2n) is 8.35. The second kappa shape index (κ2) is 7.85. The van der Waals surface area contributed by atoms with Gasteiger partial charge in [-0.3, -0.25) is 9.59 Å². The summed E-state index contributed by atoms with van der Waals surface area (Å²) in [6, 6.07) is 6.74. The summed E-state index contributed by atoms with van der Waals surface area (Å²) < 4.78 is 25.3. The van der Waals surface area contributed by atoms with E-state index in [4.69, 9.17) is 0 Å². The minimum atomic E-state index is -3.29. The Balaban J connectivity index is 1.38. The number of nitrogens with zero attached hydrogens (tertiary/aromatic N) is 1. The molecule has 3 fully saturated rings. The van der Waals surface area contributed by atoms with E-state index in [9.17, 15) is 18.0 Å². The van der Waals surface area contributed by atoms with Crippen molar-refractivity contribution in [2.24, 2.45) is 5.92 Å². The Morgan fingerprint density at radius 2 is 1.57 bits per heavy atom. The van der Waals surface area contributed by atoms with Crippen molar-refractivity contribution in [1.29, 1.82) is 0 Å².